The normalized spacial score (nSPS) is 11.0. The highest BCUT2D eigenvalue weighted by molar-refractivity contribution is 7.92. The number of nitrogens with one attached hydrogen (secondary N) is 1. The van der Waals surface area contributed by atoms with Crippen LogP contribution in [0.2, 0.25) is 0 Å². The Morgan fingerprint density at radius 3 is 2.10 bits per heavy atom. The molecule has 6 nitrogen and oxygen atoms in total. The molecule has 0 saturated carbocycles. The van der Waals surface area contributed by atoms with Crippen LogP contribution in [-0.2, 0) is 16.6 Å². The molecular weight excluding hydrogens is 400 g/mol. The molecule has 0 radical (unpaired) electrons. The van der Waals surface area contributed by atoms with Crippen LogP contribution in [0.4, 0.5) is 5.69 Å². The zero-order valence-corrected chi connectivity index (χ0v) is 17.9. The zero-order valence-electron chi connectivity index (χ0n) is 17.1. The van der Waals surface area contributed by atoms with Crippen LogP contribution in [0, 0.1) is 6.92 Å². The van der Waals surface area contributed by atoms with Crippen molar-refractivity contribution in [1.82, 2.24) is 4.90 Å². The van der Waals surface area contributed by atoms with Crippen LogP contribution in [-0.4, -0.2) is 33.4 Å². The lowest BCUT2D eigenvalue weighted by molar-refractivity contribution is 0.0785. The van der Waals surface area contributed by atoms with Gasteiger partial charge in [-0.25, -0.2) is 8.42 Å². The fourth-order valence-corrected chi connectivity index (χ4v) is 3.97. The van der Waals surface area contributed by atoms with E-state index in [1.165, 1.54) is 0 Å². The van der Waals surface area contributed by atoms with E-state index in [1.807, 2.05) is 31.2 Å². The topological polar surface area (TPSA) is 75.7 Å². The van der Waals surface area contributed by atoms with Gasteiger partial charge in [0, 0.05) is 24.8 Å². The average Bonchev–Trinajstić information content (AvgIpc) is 2.74. The maximum Gasteiger partial charge on any atom is 0.261 e. The Labute approximate surface area is 177 Å². The predicted octanol–water partition coefficient (Wildman–Crippen LogP) is 4.08. The molecule has 3 aromatic carbocycles. The Morgan fingerprint density at radius 2 is 1.53 bits per heavy atom. The number of benzene rings is 3. The number of nitrogens with zero attached hydrogens (tertiary/aromatic N) is 1. The average molecular weight is 425 g/mol. The van der Waals surface area contributed by atoms with Crippen LogP contribution in [0.3, 0.4) is 0 Å². The second-order valence-corrected chi connectivity index (χ2v) is 8.69. The van der Waals surface area contributed by atoms with Gasteiger partial charge in [-0.2, -0.15) is 0 Å². The second kappa shape index (κ2) is 9.00. The van der Waals surface area contributed by atoms with E-state index >= 15 is 0 Å². The standard InChI is InChI=1S/C23H24N2O4S/c1-17-4-14-22(15-5-17)30(27,28)24-20-10-8-19(9-11-20)23(26)25(2)16-18-6-12-21(29-3)13-7-18/h4-15,24H,16H2,1-3H3. The number of ether oxygens (including phenoxy) is 1. The van der Waals surface area contributed by atoms with Gasteiger partial charge in [-0.15, -0.1) is 0 Å². The van der Waals surface area contributed by atoms with Gasteiger partial charge >= 0.3 is 0 Å². The molecule has 30 heavy (non-hydrogen) atoms. The van der Waals surface area contributed by atoms with Crippen LogP contribution < -0.4 is 9.46 Å². The highest BCUT2D eigenvalue weighted by atomic mass is 32.2. The van der Waals surface area contributed by atoms with Crippen molar-refractivity contribution in [2.75, 3.05) is 18.9 Å². The van der Waals surface area contributed by atoms with E-state index in [0.717, 1.165) is 16.9 Å². The first-order valence-corrected chi connectivity index (χ1v) is 10.8. The third kappa shape index (κ3) is 5.18. The van der Waals surface area contributed by atoms with E-state index in [2.05, 4.69) is 4.72 Å². The van der Waals surface area contributed by atoms with Crippen molar-refractivity contribution in [2.45, 2.75) is 18.4 Å². The summed E-state index contributed by atoms with van der Waals surface area (Å²) in [6, 6.07) is 20.5. The third-order valence-electron chi connectivity index (χ3n) is 4.64. The van der Waals surface area contributed by atoms with Gasteiger partial charge in [0.2, 0.25) is 0 Å². The minimum absolute atomic E-state index is 0.154. The molecule has 7 heteroatoms. The van der Waals surface area contributed by atoms with E-state index in [9.17, 15) is 13.2 Å². The first-order valence-electron chi connectivity index (χ1n) is 9.36. The minimum Gasteiger partial charge on any atom is -0.497 e. The molecule has 0 aliphatic heterocycles. The summed E-state index contributed by atoms with van der Waals surface area (Å²) in [5, 5.41) is 0. The summed E-state index contributed by atoms with van der Waals surface area (Å²) in [4.78, 5) is 14.5. The van der Waals surface area contributed by atoms with Gasteiger partial charge in [-0.05, 0) is 61.0 Å². The van der Waals surface area contributed by atoms with E-state index in [4.69, 9.17) is 4.74 Å². The molecule has 0 spiro atoms. The molecule has 0 aliphatic carbocycles. The molecule has 0 saturated heterocycles. The molecule has 0 fully saturated rings. The summed E-state index contributed by atoms with van der Waals surface area (Å²) in [6.07, 6.45) is 0. The molecule has 3 rings (SSSR count). The molecule has 1 N–H and O–H groups in total. The Morgan fingerprint density at radius 1 is 0.933 bits per heavy atom. The lowest BCUT2D eigenvalue weighted by Gasteiger charge is -2.18. The summed E-state index contributed by atoms with van der Waals surface area (Å²) in [5.74, 6) is 0.607. The molecule has 0 atom stereocenters. The summed E-state index contributed by atoms with van der Waals surface area (Å²) < 4.78 is 32.7. The number of carbonyl (C=O) groups excluding carboxylic acids is 1. The van der Waals surface area contributed by atoms with Crippen molar-refractivity contribution in [2.24, 2.45) is 0 Å². The number of aryl methyl sites for hydroxylation is 1. The molecule has 3 aromatic rings. The van der Waals surface area contributed by atoms with Gasteiger partial charge in [0.05, 0.1) is 12.0 Å². The van der Waals surface area contributed by atoms with E-state index in [1.54, 1.807) is 67.6 Å². The van der Waals surface area contributed by atoms with Crippen LogP contribution in [0.25, 0.3) is 0 Å². The van der Waals surface area contributed by atoms with Crippen molar-refractivity contribution in [1.29, 1.82) is 0 Å². The zero-order chi connectivity index (χ0) is 21.7. The van der Waals surface area contributed by atoms with Gasteiger partial charge in [0.15, 0.2) is 0 Å². The molecule has 0 heterocycles. The molecule has 0 unspecified atom stereocenters. The quantitative estimate of drug-likeness (QED) is 0.620. The number of hydrogen-bond donors (Lipinski definition) is 1. The number of sulfonamides is 1. The van der Waals surface area contributed by atoms with Crippen molar-refractivity contribution in [3.05, 3.63) is 89.5 Å². The monoisotopic (exact) mass is 424 g/mol. The summed E-state index contributed by atoms with van der Waals surface area (Å²) in [6.45, 7) is 2.34. The maximum atomic E-state index is 12.7. The molecule has 156 valence electrons. The van der Waals surface area contributed by atoms with Crippen LogP contribution in [0.1, 0.15) is 21.5 Å². The lowest BCUT2D eigenvalue weighted by Crippen LogP contribution is -2.26. The fraction of sp³-hybridized carbons (Fsp3) is 0.174. The Balaban J connectivity index is 1.66. The van der Waals surface area contributed by atoms with E-state index in [0.29, 0.717) is 17.8 Å². The van der Waals surface area contributed by atoms with Gasteiger partial charge in [0.25, 0.3) is 15.9 Å². The largest absolute Gasteiger partial charge is 0.497 e. The summed E-state index contributed by atoms with van der Waals surface area (Å²) in [7, 11) is -0.352. The van der Waals surface area contributed by atoms with Crippen molar-refractivity contribution in [3.63, 3.8) is 0 Å². The molecule has 0 aliphatic rings. The number of rotatable bonds is 7. The number of anilines is 1. The molecular formula is C23H24N2O4S. The van der Waals surface area contributed by atoms with E-state index < -0.39 is 10.0 Å². The fourth-order valence-electron chi connectivity index (χ4n) is 2.91. The van der Waals surface area contributed by atoms with E-state index in [-0.39, 0.29) is 10.8 Å². The number of methoxy groups -OCH3 is 1. The first kappa shape index (κ1) is 21.4. The predicted molar refractivity (Wildman–Crippen MR) is 117 cm³/mol. The first-order chi connectivity index (χ1) is 14.3. The highest BCUT2D eigenvalue weighted by Gasteiger charge is 2.15. The maximum absolute atomic E-state index is 12.7. The SMILES string of the molecule is COc1ccc(CN(C)C(=O)c2ccc(NS(=O)(=O)c3ccc(C)cc3)cc2)cc1. The number of carbonyl (C=O) groups is 1. The lowest BCUT2D eigenvalue weighted by atomic mass is 10.1. The van der Waals surface area contributed by atoms with Gasteiger partial charge < -0.3 is 9.64 Å². The smallest absolute Gasteiger partial charge is 0.261 e. The number of amides is 1. The molecule has 1 amide bonds. The second-order valence-electron chi connectivity index (χ2n) is 7.01. The molecule has 0 aromatic heterocycles. The van der Waals surface area contributed by atoms with Crippen molar-refractivity contribution >= 4 is 21.6 Å². The Hall–Kier alpha value is -3.32. The van der Waals surface area contributed by atoms with Gasteiger partial charge in [-0.3, -0.25) is 9.52 Å². The highest BCUT2D eigenvalue weighted by Crippen LogP contribution is 2.18. The number of hydrogen-bond acceptors (Lipinski definition) is 4. The van der Waals surface area contributed by atoms with Crippen LogP contribution in [0.15, 0.2) is 77.7 Å². The summed E-state index contributed by atoms with van der Waals surface area (Å²) in [5.41, 5.74) is 2.83. The van der Waals surface area contributed by atoms with Crippen LogP contribution >= 0.6 is 0 Å². The third-order valence-corrected chi connectivity index (χ3v) is 6.04. The molecule has 0 bridgehead atoms. The van der Waals surface area contributed by atoms with Crippen LogP contribution in [0.5, 0.6) is 5.75 Å². The van der Waals surface area contributed by atoms with Crippen molar-refractivity contribution < 1.29 is 17.9 Å². The Kier molecular flexibility index (Phi) is 6.42. The van der Waals surface area contributed by atoms with Gasteiger partial charge in [0.1, 0.15) is 5.75 Å². The van der Waals surface area contributed by atoms with Gasteiger partial charge in [-0.1, -0.05) is 29.8 Å². The minimum atomic E-state index is -3.68. The Bertz CT molecular complexity index is 1110. The van der Waals surface area contributed by atoms with Crippen molar-refractivity contribution in [3.8, 4) is 5.75 Å². The summed E-state index contributed by atoms with van der Waals surface area (Å²) >= 11 is 0.